The molecule has 0 saturated heterocycles. The smallest absolute Gasteiger partial charge is 0.214 e. The van der Waals surface area contributed by atoms with Crippen LogP contribution in [0, 0.1) is 13.8 Å². The van der Waals surface area contributed by atoms with Crippen LogP contribution < -0.4 is 15.4 Å². The Bertz CT molecular complexity index is 750. The lowest BCUT2D eigenvalue weighted by atomic mass is 10.2. The summed E-state index contributed by atoms with van der Waals surface area (Å²) in [5, 5.41) is 6.55. The van der Waals surface area contributed by atoms with Crippen LogP contribution in [0.25, 0.3) is 0 Å². The Balaban J connectivity index is 0.00000280. The first-order valence-electron chi connectivity index (χ1n) is 9.85. The number of halogens is 1. The standard InChI is InChI=1S/C21H30N4O2.HI/c1-4-22-21(24-14-20-25-15(2)16(3)26-20)23-13-17-9-5-8-12-19(17)27-18-10-6-7-11-18;/h5,8-9,12,18H,4,6-7,10-11,13-14H2,1-3H3,(H2,22,23,24);1H. The van der Waals surface area contributed by atoms with Crippen molar-refractivity contribution in [3.8, 4) is 5.75 Å². The molecule has 28 heavy (non-hydrogen) atoms. The molecule has 154 valence electrons. The van der Waals surface area contributed by atoms with Gasteiger partial charge < -0.3 is 19.8 Å². The summed E-state index contributed by atoms with van der Waals surface area (Å²) in [5.74, 6) is 3.21. The Morgan fingerprint density at radius 2 is 1.96 bits per heavy atom. The van der Waals surface area contributed by atoms with Gasteiger partial charge in [-0.25, -0.2) is 9.98 Å². The summed E-state index contributed by atoms with van der Waals surface area (Å²) in [5.41, 5.74) is 2.02. The van der Waals surface area contributed by atoms with Gasteiger partial charge in [-0.15, -0.1) is 24.0 Å². The zero-order valence-corrected chi connectivity index (χ0v) is 19.3. The van der Waals surface area contributed by atoms with E-state index >= 15 is 0 Å². The number of rotatable bonds is 7. The first-order valence-corrected chi connectivity index (χ1v) is 9.85. The lowest BCUT2D eigenvalue weighted by Crippen LogP contribution is -2.36. The van der Waals surface area contributed by atoms with Crippen molar-refractivity contribution < 1.29 is 9.15 Å². The molecule has 1 fully saturated rings. The van der Waals surface area contributed by atoms with Gasteiger partial charge in [-0.2, -0.15) is 0 Å². The van der Waals surface area contributed by atoms with Crippen LogP contribution >= 0.6 is 24.0 Å². The van der Waals surface area contributed by atoms with Gasteiger partial charge in [0.15, 0.2) is 5.96 Å². The Morgan fingerprint density at radius 3 is 2.64 bits per heavy atom. The third-order valence-electron chi connectivity index (χ3n) is 4.80. The predicted molar refractivity (Wildman–Crippen MR) is 122 cm³/mol. The van der Waals surface area contributed by atoms with Crippen molar-refractivity contribution >= 4 is 29.9 Å². The molecule has 0 radical (unpaired) electrons. The molecular weight excluding hydrogens is 467 g/mol. The highest BCUT2D eigenvalue weighted by atomic mass is 127. The number of hydrogen-bond donors (Lipinski definition) is 2. The highest BCUT2D eigenvalue weighted by Crippen LogP contribution is 2.27. The Morgan fingerprint density at radius 1 is 1.21 bits per heavy atom. The van der Waals surface area contributed by atoms with Crippen LogP contribution in [0.4, 0.5) is 0 Å². The van der Waals surface area contributed by atoms with E-state index in [4.69, 9.17) is 14.1 Å². The number of nitrogens with zero attached hydrogens (tertiary/aromatic N) is 2. The number of benzene rings is 1. The lowest BCUT2D eigenvalue weighted by Gasteiger charge is -2.16. The average molecular weight is 498 g/mol. The van der Waals surface area contributed by atoms with Crippen molar-refractivity contribution in [2.75, 3.05) is 6.54 Å². The van der Waals surface area contributed by atoms with Crippen LogP contribution in [0.1, 0.15) is 55.5 Å². The highest BCUT2D eigenvalue weighted by Gasteiger charge is 2.17. The summed E-state index contributed by atoms with van der Waals surface area (Å²) in [7, 11) is 0. The molecule has 2 aromatic rings. The molecule has 0 aliphatic heterocycles. The van der Waals surface area contributed by atoms with E-state index in [9.17, 15) is 0 Å². The van der Waals surface area contributed by atoms with E-state index in [0.717, 1.165) is 48.1 Å². The number of nitrogens with one attached hydrogen (secondary N) is 2. The van der Waals surface area contributed by atoms with Crippen LogP contribution in [-0.2, 0) is 13.1 Å². The highest BCUT2D eigenvalue weighted by molar-refractivity contribution is 14.0. The monoisotopic (exact) mass is 498 g/mol. The minimum Gasteiger partial charge on any atom is -0.490 e. The first-order chi connectivity index (χ1) is 13.2. The maximum absolute atomic E-state index is 6.21. The zero-order valence-electron chi connectivity index (χ0n) is 17.0. The zero-order chi connectivity index (χ0) is 19.1. The quantitative estimate of drug-likeness (QED) is 0.335. The van der Waals surface area contributed by atoms with E-state index in [0.29, 0.717) is 25.1 Å². The molecule has 1 heterocycles. The van der Waals surface area contributed by atoms with Crippen molar-refractivity contribution in [3.63, 3.8) is 0 Å². The summed E-state index contributed by atoms with van der Waals surface area (Å²) in [4.78, 5) is 9.11. The van der Waals surface area contributed by atoms with E-state index < -0.39 is 0 Å². The van der Waals surface area contributed by atoms with Crippen LogP contribution in [0.2, 0.25) is 0 Å². The molecule has 3 rings (SSSR count). The molecule has 1 aliphatic rings. The average Bonchev–Trinajstić information content (AvgIpc) is 3.28. The number of aliphatic imine (C=N–C) groups is 1. The van der Waals surface area contributed by atoms with Gasteiger partial charge in [0.1, 0.15) is 11.5 Å². The molecule has 2 N–H and O–H groups in total. The minimum atomic E-state index is 0. The van der Waals surface area contributed by atoms with Gasteiger partial charge in [0.2, 0.25) is 5.89 Å². The number of oxazole rings is 1. The Kier molecular flexibility index (Phi) is 9.08. The Hall–Kier alpha value is -1.77. The summed E-state index contributed by atoms with van der Waals surface area (Å²) in [6.45, 7) is 7.77. The second-order valence-corrected chi connectivity index (χ2v) is 6.93. The van der Waals surface area contributed by atoms with E-state index in [1.165, 1.54) is 12.8 Å². The summed E-state index contributed by atoms with van der Waals surface area (Å²) in [6, 6.07) is 8.18. The van der Waals surface area contributed by atoms with E-state index in [-0.39, 0.29) is 24.0 Å². The fourth-order valence-corrected chi connectivity index (χ4v) is 3.22. The molecule has 1 aliphatic carbocycles. The molecule has 0 amide bonds. The van der Waals surface area contributed by atoms with Crippen molar-refractivity contribution in [1.29, 1.82) is 0 Å². The molecular formula is C21H31IN4O2. The van der Waals surface area contributed by atoms with Gasteiger partial charge in [0.25, 0.3) is 0 Å². The third kappa shape index (κ3) is 6.39. The molecule has 1 saturated carbocycles. The van der Waals surface area contributed by atoms with Crippen LogP contribution in [0.5, 0.6) is 5.75 Å². The molecule has 0 unspecified atom stereocenters. The van der Waals surface area contributed by atoms with Crippen molar-refractivity contribution in [2.24, 2.45) is 4.99 Å². The SMILES string of the molecule is CCNC(=NCc1ccccc1OC1CCCC1)NCc1nc(C)c(C)o1.I. The number of guanidine groups is 1. The lowest BCUT2D eigenvalue weighted by molar-refractivity contribution is 0.208. The van der Waals surface area contributed by atoms with Gasteiger partial charge in [-0.05, 0) is 52.5 Å². The van der Waals surface area contributed by atoms with E-state index in [1.807, 2.05) is 39.0 Å². The number of para-hydroxylation sites is 1. The maximum atomic E-state index is 6.21. The van der Waals surface area contributed by atoms with Crippen LogP contribution in [-0.4, -0.2) is 23.6 Å². The largest absolute Gasteiger partial charge is 0.490 e. The molecule has 1 aromatic carbocycles. The van der Waals surface area contributed by atoms with E-state index in [1.54, 1.807) is 0 Å². The predicted octanol–water partition coefficient (Wildman–Crippen LogP) is 4.49. The first kappa shape index (κ1) is 22.5. The summed E-state index contributed by atoms with van der Waals surface area (Å²) >= 11 is 0. The van der Waals surface area contributed by atoms with Gasteiger partial charge in [0.05, 0.1) is 24.9 Å². The van der Waals surface area contributed by atoms with Crippen molar-refractivity contribution in [2.45, 2.75) is 65.6 Å². The molecule has 0 spiro atoms. The number of hydrogen-bond acceptors (Lipinski definition) is 4. The Labute approximate surface area is 184 Å². The van der Waals surface area contributed by atoms with Crippen molar-refractivity contribution in [3.05, 3.63) is 47.2 Å². The molecule has 0 bridgehead atoms. The number of ether oxygens (including phenoxy) is 1. The normalized spacial score (nSPS) is 14.6. The summed E-state index contributed by atoms with van der Waals surface area (Å²) in [6.07, 6.45) is 5.17. The van der Waals surface area contributed by atoms with Gasteiger partial charge in [0, 0.05) is 12.1 Å². The van der Waals surface area contributed by atoms with Gasteiger partial charge >= 0.3 is 0 Å². The van der Waals surface area contributed by atoms with Gasteiger partial charge in [-0.3, -0.25) is 0 Å². The third-order valence-corrected chi connectivity index (χ3v) is 4.80. The topological polar surface area (TPSA) is 71.7 Å². The maximum Gasteiger partial charge on any atom is 0.214 e. The second kappa shape index (κ2) is 11.3. The number of aromatic nitrogens is 1. The van der Waals surface area contributed by atoms with Crippen molar-refractivity contribution in [1.82, 2.24) is 15.6 Å². The van der Waals surface area contributed by atoms with E-state index in [2.05, 4.69) is 21.7 Å². The summed E-state index contributed by atoms with van der Waals surface area (Å²) < 4.78 is 11.8. The fourth-order valence-electron chi connectivity index (χ4n) is 3.22. The minimum absolute atomic E-state index is 0. The molecule has 7 heteroatoms. The molecule has 0 atom stereocenters. The van der Waals surface area contributed by atoms with Crippen LogP contribution in [0.15, 0.2) is 33.7 Å². The fraction of sp³-hybridized carbons (Fsp3) is 0.524. The second-order valence-electron chi connectivity index (χ2n) is 6.93. The molecule has 6 nitrogen and oxygen atoms in total. The molecule has 1 aromatic heterocycles. The van der Waals surface area contributed by atoms with Crippen LogP contribution in [0.3, 0.4) is 0 Å². The number of aryl methyl sites for hydroxylation is 2. The van der Waals surface area contributed by atoms with Gasteiger partial charge in [-0.1, -0.05) is 18.2 Å².